The second-order valence-electron chi connectivity index (χ2n) is 7.32. The van der Waals surface area contributed by atoms with Crippen molar-refractivity contribution < 1.29 is 17.6 Å². The molecule has 0 fully saturated rings. The molecule has 0 N–H and O–H groups in total. The summed E-state index contributed by atoms with van der Waals surface area (Å²) in [6.45, 7) is 2.24. The van der Waals surface area contributed by atoms with E-state index in [1.54, 1.807) is 49.5 Å². The summed E-state index contributed by atoms with van der Waals surface area (Å²) in [5.74, 6) is -0.615. The van der Waals surface area contributed by atoms with Gasteiger partial charge in [0.2, 0.25) is 0 Å². The van der Waals surface area contributed by atoms with Crippen molar-refractivity contribution >= 4 is 27.3 Å². The minimum Gasteiger partial charge on any atom is -0.311 e. The number of hydrogen-bond acceptors (Lipinski definition) is 3. The number of fused-ring (bicyclic) bond motifs is 1. The molecular weight excluding hydrogens is 403 g/mol. The summed E-state index contributed by atoms with van der Waals surface area (Å²) in [6.07, 6.45) is 0.530. The average molecular weight is 424 g/mol. The van der Waals surface area contributed by atoms with Crippen LogP contribution < -0.4 is 9.21 Å². The maximum atomic E-state index is 13.1. The molecule has 0 bridgehead atoms. The molecule has 0 aliphatic carbocycles. The number of amides is 1. The Morgan fingerprint density at radius 2 is 1.67 bits per heavy atom. The third-order valence-electron chi connectivity index (χ3n) is 5.31. The van der Waals surface area contributed by atoms with Gasteiger partial charge in [0, 0.05) is 24.8 Å². The van der Waals surface area contributed by atoms with Crippen molar-refractivity contribution in [3.05, 3.63) is 89.2 Å². The van der Waals surface area contributed by atoms with Gasteiger partial charge >= 0.3 is 0 Å². The number of aryl methyl sites for hydroxylation is 1. The molecule has 5 nitrogen and oxygen atoms in total. The van der Waals surface area contributed by atoms with Crippen molar-refractivity contribution in [3.8, 4) is 0 Å². The van der Waals surface area contributed by atoms with Crippen molar-refractivity contribution in [3.63, 3.8) is 0 Å². The van der Waals surface area contributed by atoms with E-state index >= 15 is 0 Å². The van der Waals surface area contributed by atoms with Crippen LogP contribution in [-0.4, -0.2) is 27.9 Å². The van der Waals surface area contributed by atoms with Gasteiger partial charge in [-0.1, -0.05) is 17.7 Å². The molecule has 1 aliphatic heterocycles. The Morgan fingerprint density at radius 3 is 2.33 bits per heavy atom. The van der Waals surface area contributed by atoms with E-state index in [0.29, 0.717) is 29.9 Å². The van der Waals surface area contributed by atoms with Crippen LogP contribution in [0.1, 0.15) is 21.5 Å². The van der Waals surface area contributed by atoms with Crippen LogP contribution in [0.15, 0.2) is 71.6 Å². The quantitative estimate of drug-likeness (QED) is 0.632. The number of nitrogens with zero attached hydrogens (tertiary/aromatic N) is 2. The van der Waals surface area contributed by atoms with Crippen molar-refractivity contribution in [2.45, 2.75) is 18.2 Å². The third kappa shape index (κ3) is 3.57. The Morgan fingerprint density at radius 1 is 1.00 bits per heavy atom. The number of carbonyl (C=O) groups excluding carboxylic acids is 1. The third-order valence-corrected chi connectivity index (χ3v) is 7.13. The molecule has 0 spiro atoms. The van der Waals surface area contributed by atoms with Gasteiger partial charge < -0.3 is 4.90 Å². The molecule has 7 heteroatoms. The number of rotatable bonds is 4. The molecule has 3 aromatic carbocycles. The first-order valence-electron chi connectivity index (χ1n) is 9.53. The van der Waals surface area contributed by atoms with E-state index in [-0.39, 0.29) is 16.6 Å². The first-order chi connectivity index (χ1) is 14.3. The summed E-state index contributed by atoms with van der Waals surface area (Å²) >= 11 is 0. The van der Waals surface area contributed by atoms with Crippen molar-refractivity contribution in [2.75, 3.05) is 22.8 Å². The monoisotopic (exact) mass is 424 g/mol. The minimum absolute atomic E-state index is 0.246. The van der Waals surface area contributed by atoms with Crippen LogP contribution in [-0.2, 0) is 16.4 Å². The molecule has 30 heavy (non-hydrogen) atoms. The molecule has 1 aliphatic rings. The molecular formula is C23H21FN2O3S. The fourth-order valence-electron chi connectivity index (χ4n) is 3.57. The predicted octanol–water partition coefficient (Wildman–Crippen LogP) is 4.16. The summed E-state index contributed by atoms with van der Waals surface area (Å²) in [4.78, 5) is 14.6. The van der Waals surface area contributed by atoms with Gasteiger partial charge in [0.15, 0.2) is 0 Å². The van der Waals surface area contributed by atoms with Gasteiger partial charge in [-0.25, -0.2) is 12.8 Å². The molecule has 0 radical (unpaired) electrons. The highest BCUT2D eigenvalue weighted by Crippen LogP contribution is 2.34. The van der Waals surface area contributed by atoms with Crippen molar-refractivity contribution in [1.82, 2.24) is 0 Å². The lowest BCUT2D eigenvalue weighted by Crippen LogP contribution is -2.29. The van der Waals surface area contributed by atoms with E-state index in [1.165, 1.54) is 33.5 Å². The van der Waals surface area contributed by atoms with Gasteiger partial charge in [-0.05, 0) is 73.5 Å². The number of halogens is 1. The molecule has 154 valence electrons. The zero-order valence-electron chi connectivity index (χ0n) is 16.7. The number of carbonyl (C=O) groups is 1. The second-order valence-corrected chi connectivity index (χ2v) is 9.19. The molecule has 0 saturated heterocycles. The Labute approximate surface area is 175 Å². The summed E-state index contributed by atoms with van der Waals surface area (Å²) in [6, 6.07) is 17.5. The van der Waals surface area contributed by atoms with Crippen LogP contribution in [0.2, 0.25) is 0 Å². The van der Waals surface area contributed by atoms with Gasteiger partial charge in [0.25, 0.3) is 15.9 Å². The maximum absolute atomic E-state index is 13.1. The van der Waals surface area contributed by atoms with Gasteiger partial charge in [0.05, 0.1) is 10.6 Å². The van der Waals surface area contributed by atoms with Crippen molar-refractivity contribution in [1.29, 1.82) is 0 Å². The number of benzene rings is 3. The van der Waals surface area contributed by atoms with Gasteiger partial charge in [-0.2, -0.15) is 0 Å². The largest absolute Gasteiger partial charge is 0.311 e. The summed E-state index contributed by atoms with van der Waals surface area (Å²) < 4.78 is 40.7. The minimum atomic E-state index is -3.66. The van der Waals surface area contributed by atoms with Crippen LogP contribution in [0, 0.1) is 12.7 Å². The molecule has 1 heterocycles. The highest BCUT2D eigenvalue weighted by atomic mass is 32.2. The first-order valence-corrected chi connectivity index (χ1v) is 11.0. The van der Waals surface area contributed by atoms with Gasteiger partial charge in [-0.3, -0.25) is 9.10 Å². The lowest BCUT2D eigenvalue weighted by atomic mass is 10.1. The topological polar surface area (TPSA) is 57.7 Å². The number of sulfonamides is 1. The lowest BCUT2D eigenvalue weighted by Gasteiger charge is -2.21. The van der Waals surface area contributed by atoms with Crippen LogP contribution in [0.3, 0.4) is 0 Å². The maximum Gasteiger partial charge on any atom is 0.264 e. The van der Waals surface area contributed by atoms with Crippen LogP contribution >= 0.6 is 0 Å². The Bertz CT molecular complexity index is 1210. The van der Waals surface area contributed by atoms with Crippen molar-refractivity contribution in [2.24, 2.45) is 0 Å². The Hall–Kier alpha value is -3.19. The fraction of sp³-hybridized carbons (Fsp3) is 0.174. The first kappa shape index (κ1) is 20.1. The number of anilines is 2. The van der Waals surface area contributed by atoms with E-state index in [0.717, 1.165) is 11.1 Å². The SMILES string of the molecule is Cc1ccc(S(=O)(=O)N2CCc3cc(C(=O)N(C)c4ccc(F)cc4)ccc32)cc1. The molecule has 3 aromatic rings. The molecule has 0 aromatic heterocycles. The molecule has 0 unspecified atom stereocenters. The molecule has 0 atom stereocenters. The standard InChI is InChI=1S/C23H21FN2O3S/c1-16-3-10-21(11-4-16)30(28,29)26-14-13-17-15-18(5-12-22(17)26)23(27)25(2)20-8-6-19(24)7-9-20/h3-12,15H,13-14H2,1-2H3. The summed E-state index contributed by atoms with van der Waals surface area (Å²) in [5, 5.41) is 0. The molecule has 4 rings (SSSR count). The molecule has 0 saturated carbocycles. The Balaban J connectivity index is 1.61. The van der Waals surface area contributed by atoms with Crippen LogP contribution in [0.4, 0.5) is 15.8 Å². The zero-order valence-corrected chi connectivity index (χ0v) is 17.5. The highest BCUT2D eigenvalue weighted by molar-refractivity contribution is 7.92. The molecule has 1 amide bonds. The van der Waals surface area contributed by atoms with Crippen LogP contribution in [0.5, 0.6) is 0 Å². The summed E-state index contributed by atoms with van der Waals surface area (Å²) in [7, 11) is -2.04. The fourth-order valence-corrected chi connectivity index (χ4v) is 5.07. The van der Waals surface area contributed by atoms with E-state index in [2.05, 4.69) is 0 Å². The predicted molar refractivity (Wildman–Crippen MR) is 115 cm³/mol. The smallest absolute Gasteiger partial charge is 0.264 e. The van der Waals surface area contributed by atoms with E-state index in [4.69, 9.17) is 0 Å². The van der Waals surface area contributed by atoms with E-state index in [9.17, 15) is 17.6 Å². The average Bonchev–Trinajstić information content (AvgIpc) is 3.17. The highest BCUT2D eigenvalue weighted by Gasteiger charge is 2.31. The lowest BCUT2D eigenvalue weighted by molar-refractivity contribution is 0.0993. The Kier molecular flexibility index (Phi) is 5.07. The van der Waals surface area contributed by atoms with Gasteiger partial charge in [0.1, 0.15) is 5.82 Å². The number of hydrogen-bond donors (Lipinski definition) is 0. The van der Waals surface area contributed by atoms with Crippen LogP contribution in [0.25, 0.3) is 0 Å². The van der Waals surface area contributed by atoms with Gasteiger partial charge in [-0.15, -0.1) is 0 Å². The van der Waals surface area contributed by atoms with E-state index < -0.39 is 10.0 Å². The van der Waals surface area contributed by atoms with E-state index in [1.807, 2.05) is 6.92 Å². The normalized spacial score (nSPS) is 13.2. The second kappa shape index (κ2) is 7.57. The zero-order chi connectivity index (χ0) is 21.5. The summed E-state index contributed by atoms with van der Waals surface area (Å²) in [5.41, 5.74) is 3.42.